The molecule has 2 aromatic heterocycles. The summed E-state index contributed by atoms with van der Waals surface area (Å²) in [4.78, 5) is 32.7. The Kier molecular flexibility index (Phi) is 4.84. The average Bonchev–Trinajstić information content (AvgIpc) is 2.66. The van der Waals surface area contributed by atoms with Crippen molar-refractivity contribution in [2.75, 3.05) is 19.0 Å². The molecule has 3 aromatic rings. The Labute approximate surface area is 144 Å². The first-order chi connectivity index (χ1) is 12.2. The van der Waals surface area contributed by atoms with Gasteiger partial charge < -0.3 is 15.4 Å². The summed E-state index contributed by atoms with van der Waals surface area (Å²) >= 11 is 0. The Bertz CT molecular complexity index is 913. The first kappa shape index (κ1) is 16.4. The Balaban J connectivity index is 1.75. The van der Waals surface area contributed by atoms with Crippen LogP contribution in [0.3, 0.4) is 0 Å². The molecule has 2 N–H and O–H groups in total. The molecule has 2 heterocycles. The van der Waals surface area contributed by atoms with Crippen LogP contribution in [-0.4, -0.2) is 35.4 Å². The molecule has 0 bridgehead atoms. The molecule has 0 aliphatic heterocycles. The van der Waals surface area contributed by atoms with Crippen LogP contribution in [0.25, 0.3) is 10.9 Å². The number of hydrogen-bond acceptors (Lipinski definition) is 5. The van der Waals surface area contributed by atoms with Crippen molar-refractivity contribution in [3.63, 3.8) is 0 Å². The molecule has 2 amide bonds. The van der Waals surface area contributed by atoms with E-state index >= 15 is 0 Å². The molecule has 3 rings (SSSR count). The molecule has 0 saturated heterocycles. The molecule has 0 unspecified atom stereocenters. The summed E-state index contributed by atoms with van der Waals surface area (Å²) in [6, 6.07) is 10.7. The fourth-order valence-corrected chi connectivity index (χ4v) is 2.40. The fourth-order valence-electron chi connectivity index (χ4n) is 2.40. The van der Waals surface area contributed by atoms with Crippen LogP contribution in [0, 0.1) is 0 Å². The van der Waals surface area contributed by atoms with Crippen LogP contribution in [0.2, 0.25) is 0 Å². The molecule has 7 heteroatoms. The normalized spacial score (nSPS) is 10.3. The van der Waals surface area contributed by atoms with Crippen LogP contribution in [-0.2, 0) is 4.79 Å². The third-order valence-electron chi connectivity index (χ3n) is 3.54. The molecule has 25 heavy (non-hydrogen) atoms. The smallest absolute Gasteiger partial charge is 0.256 e. The number of rotatable bonds is 5. The van der Waals surface area contributed by atoms with Crippen LogP contribution in [0.15, 0.2) is 55.0 Å². The zero-order valence-corrected chi connectivity index (χ0v) is 13.5. The Morgan fingerprint density at radius 1 is 1.12 bits per heavy atom. The van der Waals surface area contributed by atoms with E-state index in [9.17, 15) is 9.59 Å². The van der Waals surface area contributed by atoms with Crippen molar-refractivity contribution >= 4 is 28.4 Å². The van der Waals surface area contributed by atoms with Gasteiger partial charge in [0.25, 0.3) is 5.91 Å². The van der Waals surface area contributed by atoms with Crippen molar-refractivity contribution < 1.29 is 14.3 Å². The molecule has 0 aliphatic rings. The third-order valence-corrected chi connectivity index (χ3v) is 3.54. The van der Waals surface area contributed by atoms with Gasteiger partial charge in [0, 0.05) is 11.6 Å². The monoisotopic (exact) mass is 336 g/mol. The van der Waals surface area contributed by atoms with Gasteiger partial charge in [-0.1, -0.05) is 18.2 Å². The molecular formula is C18H16N4O3. The lowest BCUT2D eigenvalue weighted by atomic mass is 10.1. The number of nitrogens with zero attached hydrogens (tertiary/aromatic N) is 2. The minimum atomic E-state index is -0.406. The van der Waals surface area contributed by atoms with Crippen molar-refractivity contribution in [2.24, 2.45) is 0 Å². The summed E-state index contributed by atoms with van der Waals surface area (Å²) in [7, 11) is 1.47. The number of amides is 2. The van der Waals surface area contributed by atoms with Gasteiger partial charge in [-0.3, -0.25) is 19.6 Å². The highest BCUT2D eigenvalue weighted by atomic mass is 16.5. The van der Waals surface area contributed by atoms with Gasteiger partial charge >= 0.3 is 0 Å². The summed E-state index contributed by atoms with van der Waals surface area (Å²) in [6.45, 7) is -0.173. The number of hydrogen-bond donors (Lipinski definition) is 2. The number of nitrogens with one attached hydrogen (secondary N) is 2. The van der Waals surface area contributed by atoms with E-state index in [1.165, 1.54) is 19.5 Å². The van der Waals surface area contributed by atoms with Gasteiger partial charge in [0.05, 0.1) is 42.8 Å². The van der Waals surface area contributed by atoms with Crippen LogP contribution < -0.4 is 15.4 Å². The summed E-state index contributed by atoms with van der Waals surface area (Å²) in [5, 5.41) is 5.92. The number of pyridine rings is 2. The highest BCUT2D eigenvalue weighted by molar-refractivity contribution is 6.09. The van der Waals surface area contributed by atoms with E-state index in [0.29, 0.717) is 27.9 Å². The standard InChI is InChI=1S/C18H16N4O3/c1-25-15-10-20-14-7-3-2-6-13(14)17(15)18(24)21-11-16(23)22-12-5-4-8-19-9-12/h2-10H,11H2,1H3,(H,21,24)(H,22,23). The van der Waals surface area contributed by atoms with Crippen molar-refractivity contribution in [1.82, 2.24) is 15.3 Å². The van der Waals surface area contributed by atoms with Crippen LogP contribution in [0.1, 0.15) is 10.4 Å². The first-order valence-electron chi connectivity index (χ1n) is 7.59. The van der Waals surface area contributed by atoms with E-state index in [1.54, 1.807) is 30.5 Å². The second-order valence-corrected chi connectivity index (χ2v) is 5.19. The van der Waals surface area contributed by atoms with E-state index in [4.69, 9.17) is 4.74 Å². The van der Waals surface area contributed by atoms with E-state index in [2.05, 4.69) is 20.6 Å². The number of carbonyl (C=O) groups is 2. The highest BCUT2D eigenvalue weighted by Crippen LogP contribution is 2.25. The summed E-state index contributed by atoms with van der Waals surface area (Å²) < 4.78 is 5.24. The lowest BCUT2D eigenvalue weighted by Gasteiger charge is -2.12. The number of fused-ring (bicyclic) bond motifs is 1. The summed E-state index contributed by atoms with van der Waals surface area (Å²) in [6.07, 6.45) is 4.63. The lowest BCUT2D eigenvalue weighted by Crippen LogP contribution is -2.33. The van der Waals surface area contributed by atoms with Gasteiger partial charge in [-0.25, -0.2) is 0 Å². The van der Waals surface area contributed by atoms with E-state index in [-0.39, 0.29) is 12.5 Å². The molecule has 126 valence electrons. The van der Waals surface area contributed by atoms with Crippen molar-refractivity contribution in [2.45, 2.75) is 0 Å². The maximum absolute atomic E-state index is 12.6. The van der Waals surface area contributed by atoms with Gasteiger partial charge in [0.2, 0.25) is 5.91 Å². The number of benzene rings is 1. The Morgan fingerprint density at radius 3 is 2.72 bits per heavy atom. The molecule has 7 nitrogen and oxygen atoms in total. The van der Waals surface area contributed by atoms with Gasteiger partial charge in [-0.05, 0) is 18.2 Å². The van der Waals surface area contributed by atoms with Crippen LogP contribution in [0.4, 0.5) is 5.69 Å². The fraction of sp³-hybridized carbons (Fsp3) is 0.111. The topological polar surface area (TPSA) is 93.2 Å². The van der Waals surface area contributed by atoms with Gasteiger partial charge in [-0.2, -0.15) is 0 Å². The molecule has 0 saturated carbocycles. The number of aromatic nitrogens is 2. The van der Waals surface area contributed by atoms with Crippen LogP contribution >= 0.6 is 0 Å². The van der Waals surface area contributed by atoms with Crippen LogP contribution in [0.5, 0.6) is 5.75 Å². The minimum absolute atomic E-state index is 0.173. The molecule has 0 atom stereocenters. The van der Waals surface area contributed by atoms with Crippen molar-refractivity contribution in [3.05, 3.63) is 60.6 Å². The largest absolute Gasteiger partial charge is 0.494 e. The van der Waals surface area contributed by atoms with Gasteiger partial charge in [0.1, 0.15) is 0 Å². The first-order valence-corrected chi connectivity index (χ1v) is 7.59. The van der Waals surface area contributed by atoms with E-state index in [1.807, 2.05) is 12.1 Å². The lowest BCUT2D eigenvalue weighted by molar-refractivity contribution is -0.115. The highest BCUT2D eigenvalue weighted by Gasteiger charge is 2.17. The van der Waals surface area contributed by atoms with Crippen molar-refractivity contribution in [3.8, 4) is 5.75 Å². The minimum Gasteiger partial charge on any atom is -0.494 e. The summed E-state index contributed by atoms with van der Waals surface area (Å²) in [5.41, 5.74) is 1.59. The zero-order chi connectivity index (χ0) is 17.6. The second-order valence-electron chi connectivity index (χ2n) is 5.19. The predicted molar refractivity (Wildman–Crippen MR) is 93.5 cm³/mol. The zero-order valence-electron chi connectivity index (χ0n) is 13.5. The van der Waals surface area contributed by atoms with Crippen molar-refractivity contribution in [1.29, 1.82) is 0 Å². The maximum atomic E-state index is 12.6. The van der Waals surface area contributed by atoms with E-state index in [0.717, 1.165) is 0 Å². The molecule has 0 spiro atoms. The molecule has 0 aliphatic carbocycles. The predicted octanol–water partition coefficient (Wildman–Crippen LogP) is 2.01. The van der Waals surface area contributed by atoms with E-state index < -0.39 is 5.91 Å². The Hall–Kier alpha value is -3.48. The molecule has 0 radical (unpaired) electrons. The Morgan fingerprint density at radius 2 is 1.96 bits per heavy atom. The maximum Gasteiger partial charge on any atom is 0.256 e. The molecule has 0 fully saturated rings. The second kappa shape index (κ2) is 7.39. The quantitative estimate of drug-likeness (QED) is 0.743. The summed E-state index contributed by atoms with van der Waals surface area (Å²) in [5.74, 6) is -0.403. The number of carbonyl (C=O) groups excluding carboxylic acids is 2. The molecular weight excluding hydrogens is 320 g/mol. The number of ether oxygens (including phenoxy) is 1. The number of anilines is 1. The number of methoxy groups -OCH3 is 1. The molecule has 1 aromatic carbocycles. The third kappa shape index (κ3) is 3.72. The SMILES string of the molecule is COc1cnc2ccccc2c1C(=O)NCC(=O)Nc1cccnc1. The van der Waals surface area contributed by atoms with Gasteiger partial charge in [-0.15, -0.1) is 0 Å². The average molecular weight is 336 g/mol. The van der Waals surface area contributed by atoms with Gasteiger partial charge in [0.15, 0.2) is 5.75 Å². The number of para-hydroxylation sites is 1.